The molecule has 0 amide bonds. The average molecular weight is 536 g/mol. The molecule has 0 unspecified atom stereocenters. The van der Waals surface area contributed by atoms with Gasteiger partial charge in [0.05, 0.1) is 0 Å². The van der Waals surface area contributed by atoms with E-state index in [2.05, 4.69) is 120 Å². The molecule has 9 rings (SSSR count). The molecule has 0 N–H and O–H groups in total. The van der Waals surface area contributed by atoms with Crippen LogP contribution in [0.15, 0.2) is 109 Å². The summed E-state index contributed by atoms with van der Waals surface area (Å²) in [5.74, 6) is 6.43. The Morgan fingerprint density at radius 2 is 1.03 bits per heavy atom. The Balaban J connectivity index is 1.57. The van der Waals surface area contributed by atoms with E-state index in [1.165, 1.54) is 46.1 Å². The Kier molecular flexibility index (Phi) is 3.63. The van der Waals surface area contributed by atoms with Gasteiger partial charge < -0.3 is 0 Å². The van der Waals surface area contributed by atoms with Gasteiger partial charge in [-0.25, -0.2) is 0 Å². The van der Waals surface area contributed by atoms with Crippen molar-refractivity contribution in [3.05, 3.63) is 109 Å². The zero-order valence-corrected chi connectivity index (χ0v) is 22.3. The van der Waals surface area contributed by atoms with Gasteiger partial charge in [0.15, 0.2) is 0 Å². The third-order valence-corrected chi connectivity index (χ3v) is 17.7. The van der Waals surface area contributed by atoms with Crippen molar-refractivity contribution in [1.82, 2.24) is 0 Å². The first kappa shape index (κ1) is 19.9. The minimum absolute atomic E-state index is 0.951. The van der Waals surface area contributed by atoms with E-state index in [4.69, 9.17) is 9.47 Å². The van der Waals surface area contributed by atoms with Crippen LogP contribution in [0.2, 0.25) is 5.76 Å². The number of rotatable bonds is 1. The molecule has 6 aromatic carbocycles. The van der Waals surface area contributed by atoms with Crippen LogP contribution in [0.25, 0.3) is 21.5 Å². The molecule has 3 nitrogen and oxygen atoms in total. The molecule has 0 radical (unpaired) electrons. The van der Waals surface area contributed by atoms with E-state index in [0.29, 0.717) is 0 Å². The van der Waals surface area contributed by atoms with E-state index >= 15 is 0 Å². The molecule has 0 saturated heterocycles. The fourth-order valence-corrected chi connectivity index (χ4v) is 16.7. The standard InChI is InChI=1S/C33H21GeNO2/c1-34-29-25-16-9-17-26(29)37-28-19-21-11-6-8-15-24(21)33(31(28)34)35(22-12-3-2-4-13-22)32-23-14-7-5-10-20(23)18-27(36-25)30(32)34/h2-19H,1H3. The Bertz CT molecular complexity index is 1850. The van der Waals surface area contributed by atoms with Crippen LogP contribution in [0.5, 0.6) is 23.0 Å². The van der Waals surface area contributed by atoms with Crippen molar-refractivity contribution in [3.8, 4) is 23.0 Å². The molecule has 0 aromatic heterocycles. The summed E-state index contributed by atoms with van der Waals surface area (Å²) >= 11 is -3.23. The first-order valence-corrected chi connectivity index (χ1v) is 17.9. The Hall–Kier alpha value is -4.22. The van der Waals surface area contributed by atoms with Gasteiger partial charge in [0.2, 0.25) is 0 Å². The summed E-state index contributed by atoms with van der Waals surface area (Å²) in [5.41, 5.74) is 3.67. The Morgan fingerprint density at radius 1 is 0.514 bits per heavy atom. The first-order chi connectivity index (χ1) is 18.2. The second-order valence-corrected chi connectivity index (χ2v) is 18.1. The number of fused-ring (bicyclic) bond motifs is 4. The molecule has 4 heteroatoms. The third-order valence-electron chi connectivity index (χ3n) is 8.36. The number of benzene rings is 6. The van der Waals surface area contributed by atoms with Gasteiger partial charge in [0.25, 0.3) is 0 Å². The maximum atomic E-state index is 6.73. The summed E-state index contributed by atoms with van der Waals surface area (Å²) in [6.07, 6.45) is 0. The van der Waals surface area contributed by atoms with Crippen molar-refractivity contribution in [3.63, 3.8) is 0 Å². The quantitative estimate of drug-likeness (QED) is 0.209. The van der Waals surface area contributed by atoms with Gasteiger partial charge in [-0.1, -0.05) is 0 Å². The molecule has 3 heterocycles. The SMILES string of the molecule is [CH3][Ge]12[c]3c4cccc3Oc3cc5ccccc5c([c]31)N(c1ccccc1)c1[c]2c(cc2ccccc12)O4. The summed E-state index contributed by atoms with van der Waals surface area (Å²) in [5, 5.41) is 4.90. The normalized spacial score (nSPS) is 15.2. The topological polar surface area (TPSA) is 21.7 Å². The number of anilines is 3. The van der Waals surface area contributed by atoms with E-state index in [0.717, 1.165) is 28.7 Å². The molecular weight excluding hydrogens is 515 g/mol. The molecule has 3 aliphatic rings. The first-order valence-electron chi connectivity index (χ1n) is 12.7. The van der Waals surface area contributed by atoms with Gasteiger partial charge in [0, 0.05) is 0 Å². The van der Waals surface area contributed by atoms with Crippen LogP contribution in [0.3, 0.4) is 0 Å². The molecule has 37 heavy (non-hydrogen) atoms. The van der Waals surface area contributed by atoms with Crippen LogP contribution in [0.4, 0.5) is 17.1 Å². The Morgan fingerprint density at radius 3 is 1.59 bits per heavy atom. The second-order valence-electron chi connectivity index (χ2n) is 10.3. The fourth-order valence-electron chi connectivity index (χ4n) is 6.93. The van der Waals surface area contributed by atoms with Crippen molar-refractivity contribution in [2.75, 3.05) is 4.90 Å². The molecule has 3 aliphatic heterocycles. The van der Waals surface area contributed by atoms with E-state index in [-0.39, 0.29) is 0 Å². The van der Waals surface area contributed by atoms with Crippen LogP contribution in [0, 0.1) is 0 Å². The van der Waals surface area contributed by atoms with Crippen molar-refractivity contribution in [1.29, 1.82) is 0 Å². The van der Waals surface area contributed by atoms with Crippen molar-refractivity contribution >= 4 is 65.1 Å². The molecule has 0 saturated carbocycles. The zero-order valence-electron chi connectivity index (χ0n) is 20.2. The van der Waals surface area contributed by atoms with Crippen molar-refractivity contribution < 1.29 is 9.47 Å². The van der Waals surface area contributed by atoms with Crippen LogP contribution in [0.1, 0.15) is 0 Å². The van der Waals surface area contributed by atoms with E-state index < -0.39 is 13.3 Å². The zero-order chi connectivity index (χ0) is 24.3. The number of hydrogen-bond acceptors (Lipinski definition) is 3. The average Bonchev–Trinajstić information content (AvgIpc) is 2.93. The van der Waals surface area contributed by atoms with Gasteiger partial charge in [-0.05, 0) is 0 Å². The number of ether oxygens (including phenoxy) is 2. The van der Waals surface area contributed by atoms with Crippen LogP contribution >= 0.6 is 0 Å². The number of nitrogens with zero attached hydrogens (tertiary/aromatic N) is 1. The summed E-state index contributed by atoms with van der Waals surface area (Å²) < 4.78 is 17.5. The van der Waals surface area contributed by atoms with E-state index in [9.17, 15) is 0 Å². The summed E-state index contributed by atoms with van der Waals surface area (Å²) in [4.78, 5) is 2.49. The minimum atomic E-state index is -3.23. The van der Waals surface area contributed by atoms with Crippen LogP contribution in [-0.4, -0.2) is 13.3 Å². The van der Waals surface area contributed by atoms with Gasteiger partial charge in [-0.2, -0.15) is 0 Å². The molecule has 174 valence electrons. The Labute approximate surface area is 216 Å². The van der Waals surface area contributed by atoms with Crippen LogP contribution < -0.4 is 27.6 Å². The third kappa shape index (κ3) is 2.34. The molecule has 6 aromatic rings. The summed E-state index contributed by atoms with van der Waals surface area (Å²) in [6, 6.07) is 39.0. The summed E-state index contributed by atoms with van der Waals surface area (Å²) in [6.45, 7) is 0. The molecule has 0 spiro atoms. The number of hydrogen-bond donors (Lipinski definition) is 0. The monoisotopic (exact) mass is 537 g/mol. The predicted octanol–water partition coefficient (Wildman–Crippen LogP) is 7.09. The van der Waals surface area contributed by atoms with Gasteiger partial charge >= 0.3 is 217 Å². The molecule has 0 aliphatic carbocycles. The molecule has 0 fully saturated rings. The van der Waals surface area contributed by atoms with Crippen LogP contribution in [-0.2, 0) is 0 Å². The second kappa shape index (κ2) is 6.75. The predicted molar refractivity (Wildman–Crippen MR) is 153 cm³/mol. The number of para-hydroxylation sites is 1. The molecule has 0 atom stereocenters. The maximum absolute atomic E-state index is 6.73. The molecular formula is C33H21GeNO2. The van der Waals surface area contributed by atoms with Gasteiger partial charge in [0.1, 0.15) is 0 Å². The summed E-state index contributed by atoms with van der Waals surface area (Å²) in [7, 11) is 0. The van der Waals surface area contributed by atoms with E-state index in [1.807, 2.05) is 0 Å². The van der Waals surface area contributed by atoms with Crippen molar-refractivity contribution in [2.24, 2.45) is 0 Å². The van der Waals surface area contributed by atoms with E-state index in [1.54, 1.807) is 0 Å². The molecule has 0 bridgehead atoms. The van der Waals surface area contributed by atoms with Gasteiger partial charge in [-0.15, -0.1) is 0 Å². The fraction of sp³-hybridized carbons (Fsp3) is 0.0303. The van der Waals surface area contributed by atoms with Gasteiger partial charge in [-0.3, -0.25) is 0 Å². The van der Waals surface area contributed by atoms with Crippen molar-refractivity contribution in [2.45, 2.75) is 5.76 Å².